The molecule has 3 aromatic rings. The zero-order valence-corrected chi connectivity index (χ0v) is 14.9. The molecular weight excluding hydrogens is 369 g/mol. The van der Waals surface area contributed by atoms with Crippen molar-refractivity contribution in [2.45, 2.75) is 4.90 Å². The molecule has 0 radical (unpaired) electrons. The molecule has 0 atom stereocenters. The molecule has 1 aromatic heterocycles. The zero-order chi connectivity index (χ0) is 17.3. The third kappa shape index (κ3) is 3.40. The minimum absolute atomic E-state index is 0.0854. The van der Waals surface area contributed by atoms with Crippen LogP contribution in [0.1, 0.15) is 0 Å². The van der Waals surface area contributed by atoms with Gasteiger partial charge in [-0.2, -0.15) is 5.10 Å². The molecule has 24 heavy (non-hydrogen) atoms. The van der Waals surface area contributed by atoms with Gasteiger partial charge in [-0.15, -0.1) is 0 Å². The average molecular weight is 382 g/mol. The Morgan fingerprint density at radius 3 is 2.42 bits per heavy atom. The summed E-state index contributed by atoms with van der Waals surface area (Å²) in [5.74, 6) is 0. The molecule has 0 saturated heterocycles. The Morgan fingerprint density at radius 2 is 1.75 bits per heavy atom. The smallest absolute Gasteiger partial charge is 0.265 e. The molecule has 0 bridgehead atoms. The van der Waals surface area contributed by atoms with E-state index in [0.29, 0.717) is 22.0 Å². The van der Waals surface area contributed by atoms with E-state index in [4.69, 9.17) is 23.2 Å². The summed E-state index contributed by atoms with van der Waals surface area (Å²) >= 11 is 11.8. The lowest BCUT2D eigenvalue weighted by Crippen LogP contribution is -2.13. The monoisotopic (exact) mass is 381 g/mol. The van der Waals surface area contributed by atoms with Crippen molar-refractivity contribution in [2.24, 2.45) is 7.05 Å². The fraction of sp³-hybridized carbons (Fsp3) is 0.0625. The highest BCUT2D eigenvalue weighted by Crippen LogP contribution is 2.29. The van der Waals surface area contributed by atoms with Gasteiger partial charge in [-0.25, -0.2) is 8.42 Å². The number of anilines is 1. The summed E-state index contributed by atoms with van der Waals surface area (Å²) < 4.78 is 29.5. The van der Waals surface area contributed by atoms with Crippen molar-refractivity contribution in [3.63, 3.8) is 0 Å². The lowest BCUT2D eigenvalue weighted by atomic mass is 10.2. The van der Waals surface area contributed by atoms with Crippen LogP contribution in [0.2, 0.25) is 10.0 Å². The molecule has 0 aliphatic rings. The van der Waals surface area contributed by atoms with Crippen LogP contribution in [0.4, 0.5) is 5.69 Å². The van der Waals surface area contributed by atoms with E-state index in [9.17, 15) is 8.42 Å². The molecule has 2 aromatic carbocycles. The highest BCUT2D eigenvalue weighted by molar-refractivity contribution is 7.92. The third-order valence-electron chi connectivity index (χ3n) is 3.30. The van der Waals surface area contributed by atoms with E-state index in [1.807, 2.05) is 18.2 Å². The van der Waals surface area contributed by atoms with Gasteiger partial charge in [0.25, 0.3) is 10.0 Å². The largest absolute Gasteiger partial charge is 0.279 e. The van der Waals surface area contributed by atoms with Gasteiger partial charge in [-0.3, -0.25) is 9.40 Å². The third-order valence-corrected chi connectivity index (χ3v) is 5.43. The van der Waals surface area contributed by atoms with Crippen LogP contribution in [0, 0.1) is 0 Å². The summed E-state index contributed by atoms with van der Waals surface area (Å²) in [4.78, 5) is 0.0854. The van der Waals surface area contributed by atoms with Gasteiger partial charge >= 0.3 is 0 Å². The van der Waals surface area contributed by atoms with Gasteiger partial charge in [0.05, 0.1) is 15.7 Å². The molecule has 1 heterocycles. The summed E-state index contributed by atoms with van der Waals surface area (Å²) in [6.07, 6.45) is 1.46. The van der Waals surface area contributed by atoms with Crippen molar-refractivity contribution >= 4 is 38.9 Å². The Hall–Kier alpha value is -2.02. The fourth-order valence-electron chi connectivity index (χ4n) is 2.23. The Morgan fingerprint density at radius 1 is 1.04 bits per heavy atom. The lowest BCUT2D eigenvalue weighted by molar-refractivity contribution is 0.601. The summed E-state index contributed by atoms with van der Waals surface area (Å²) in [6.45, 7) is 0. The van der Waals surface area contributed by atoms with E-state index >= 15 is 0 Å². The van der Waals surface area contributed by atoms with Crippen molar-refractivity contribution in [3.05, 3.63) is 64.8 Å². The first-order chi connectivity index (χ1) is 11.4. The molecule has 1 N–H and O–H groups in total. The van der Waals surface area contributed by atoms with E-state index < -0.39 is 10.0 Å². The highest BCUT2D eigenvalue weighted by atomic mass is 35.5. The molecule has 0 aliphatic carbocycles. The lowest BCUT2D eigenvalue weighted by Gasteiger charge is -2.09. The number of halogens is 2. The van der Waals surface area contributed by atoms with Crippen LogP contribution in [0.25, 0.3) is 11.3 Å². The molecule has 8 heteroatoms. The first-order valence-electron chi connectivity index (χ1n) is 6.94. The van der Waals surface area contributed by atoms with Gasteiger partial charge in [0, 0.05) is 18.8 Å². The SMILES string of the molecule is Cn1cc(S(=O)(=O)Nc2ccc(Cl)c(Cl)c2)c(-c2ccccc2)n1. The molecule has 0 spiro atoms. The van der Waals surface area contributed by atoms with Crippen molar-refractivity contribution in [1.82, 2.24) is 9.78 Å². The van der Waals surface area contributed by atoms with Crippen LogP contribution in [0.5, 0.6) is 0 Å². The zero-order valence-electron chi connectivity index (χ0n) is 12.6. The van der Waals surface area contributed by atoms with Crippen LogP contribution in [-0.4, -0.2) is 18.2 Å². The number of rotatable bonds is 4. The van der Waals surface area contributed by atoms with Gasteiger partial charge in [-0.05, 0) is 18.2 Å². The van der Waals surface area contributed by atoms with Crippen LogP contribution in [-0.2, 0) is 17.1 Å². The normalized spacial score (nSPS) is 11.5. The van der Waals surface area contributed by atoms with Crippen molar-refractivity contribution in [1.29, 1.82) is 0 Å². The van der Waals surface area contributed by atoms with Gasteiger partial charge < -0.3 is 0 Å². The first kappa shape index (κ1) is 16.8. The average Bonchev–Trinajstić information content (AvgIpc) is 2.94. The van der Waals surface area contributed by atoms with E-state index in [0.717, 1.165) is 0 Å². The maximum absolute atomic E-state index is 12.8. The van der Waals surface area contributed by atoms with Gasteiger partial charge in [0.1, 0.15) is 10.6 Å². The van der Waals surface area contributed by atoms with Crippen molar-refractivity contribution in [2.75, 3.05) is 4.72 Å². The Bertz CT molecular complexity index is 986. The van der Waals surface area contributed by atoms with Gasteiger partial charge in [-0.1, -0.05) is 53.5 Å². The molecule has 0 unspecified atom stereocenters. The van der Waals surface area contributed by atoms with E-state index in [1.165, 1.54) is 23.0 Å². The minimum atomic E-state index is -3.84. The number of nitrogens with zero attached hydrogens (tertiary/aromatic N) is 2. The fourth-order valence-corrected chi connectivity index (χ4v) is 3.78. The molecule has 124 valence electrons. The number of hydrogen-bond acceptors (Lipinski definition) is 3. The van der Waals surface area contributed by atoms with Crippen LogP contribution in [0.15, 0.2) is 59.6 Å². The van der Waals surface area contributed by atoms with Crippen LogP contribution >= 0.6 is 23.2 Å². The summed E-state index contributed by atoms with van der Waals surface area (Å²) in [5.41, 5.74) is 1.42. The number of aromatic nitrogens is 2. The minimum Gasteiger partial charge on any atom is -0.279 e. The quantitative estimate of drug-likeness (QED) is 0.736. The van der Waals surface area contributed by atoms with E-state index in [2.05, 4.69) is 9.82 Å². The Balaban J connectivity index is 2.03. The summed E-state index contributed by atoms with van der Waals surface area (Å²) in [5, 5.41) is 4.89. The second kappa shape index (κ2) is 6.47. The maximum Gasteiger partial charge on any atom is 0.265 e. The molecule has 0 saturated carbocycles. The number of hydrogen-bond donors (Lipinski definition) is 1. The maximum atomic E-state index is 12.8. The molecule has 5 nitrogen and oxygen atoms in total. The van der Waals surface area contributed by atoms with Crippen molar-refractivity contribution < 1.29 is 8.42 Å². The number of sulfonamides is 1. The number of benzene rings is 2. The van der Waals surface area contributed by atoms with Crippen LogP contribution < -0.4 is 4.72 Å². The predicted octanol–water partition coefficient (Wildman–Crippen LogP) is 4.19. The Labute approximate surface area is 149 Å². The first-order valence-corrected chi connectivity index (χ1v) is 9.18. The number of nitrogens with one attached hydrogen (secondary N) is 1. The molecular formula is C16H13Cl2N3O2S. The molecule has 3 rings (SSSR count). The second-order valence-electron chi connectivity index (χ2n) is 5.12. The topological polar surface area (TPSA) is 64.0 Å². The van der Waals surface area contributed by atoms with Gasteiger partial charge in [0.15, 0.2) is 0 Å². The highest BCUT2D eigenvalue weighted by Gasteiger charge is 2.23. The molecule has 0 fully saturated rings. The Kier molecular flexibility index (Phi) is 4.54. The molecule has 0 amide bonds. The van der Waals surface area contributed by atoms with Crippen LogP contribution in [0.3, 0.4) is 0 Å². The van der Waals surface area contributed by atoms with Gasteiger partial charge in [0.2, 0.25) is 0 Å². The van der Waals surface area contributed by atoms with E-state index in [1.54, 1.807) is 25.2 Å². The molecule has 0 aliphatic heterocycles. The summed E-state index contributed by atoms with van der Waals surface area (Å²) in [7, 11) is -2.16. The van der Waals surface area contributed by atoms with Crippen molar-refractivity contribution in [3.8, 4) is 11.3 Å². The van der Waals surface area contributed by atoms with E-state index in [-0.39, 0.29) is 9.92 Å². The number of aryl methyl sites for hydroxylation is 1. The standard InChI is InChI=1S/C16H13Cl2N3O2S/c1-21-10-15(16(19-21)11-5-3-2-4-6-11)24(22,23)20-12-7-8-13(17)14(18)9-12/h2-10,20H,1H3. The second-order valence-corrected chi connectivity index (χ2v) is 7.58. The predicted molar refractivity (Wildman–Crippen MR) is 95.9 cm³/mol. The summed E-state index contributed by atoms with van der Waals surface area (Å²) in [6, 6.07) is 13.7.